The number of ketones is 1. The van der Waals surface area contributed by atoms with Crippen molar-refractivity contribution in [3.8, 4) is 0 Å². The summed E-state index contributed by atoms with van der Waals surface area (Å²) in [7, 11) is 0. The zero-order valence-corrected chi connectivity index (χ0v) is 10.9. The highest BCUT2D eigenvalue weighted by Gasteiger charge is 2.26. The first kappa shape index (κ1) is 16.4. The highest BCUT2D eigenvalue weighted by Crippen LogP contribution is 2.15. The number of nitrogens with two attached hydrogens (primary N) is 3. The van der Waals surface area contributed by atoms with Gasteiger partial charge in [-0.15, -0.1) is 0 Å². The number of rotatable bonds is 9. The van der Waals surface area contributed by atoms with Crippen molar-refractivity contribution in [3.05, 3.63) is 0 Å². The molecule has 0 saturated carbocycles. The summed E-state index contributed by atoms with van der Waals surface area (Å²) >= 11 is 0. The van der Waals surface area contributed by atoms with E-state index in [-0.39, 0.29) is 18.2 Å². The van der Waals surface area contributed by atoms with Crippen LogP contribution < -0.4 is 17.2 Å². The number of ether oxygens (including phenoxy) is 1. The van der Waals surface area contributed by atoms with Crippen molar-refractivity contribution in [2.75, 3.05) is 6.54 Å². The maximum Gasteiger partial charge on any atom is 0.293 e. The number of carbonyl (C=O) groups excluding carboxylic acids is 2. The molecule has 0 aliphatic rings. The molecule has 0 rings (SSSR count). The van der Waals surface area contributed by atoms with E-state index in [1.54, 1.807) is 13.8 Å². The molecule has 7 heteroatoms. The summed E-state index contributed by atoms with van der Waals surface area (Å²) in [6.07, 6.45) is 1.21. The molecular weight excluding hydrogens is 236 g/mol. The summed E-state index contributed by atoms with van der Waals surface area (Å²) in [5, 5.41) is 0. The Hall–Kier alpha value is -1.63. The van der Waals surface area contributed by atoms with E-state index < -0.39 is 11.6 Å². The van der Waals surface area contributed by atoms with Gasteiger partial charge in [0.2, 0.25) is 0 Å². The maximum atomic E-state index is 11.8. The molecule has 18 heavy (non-hydrogen) atoms. The van der Waals surface area contributed by atoms with Gasteiger partial charge in [-0.1, -0.05) is 0 Å². The molecule has 0 aromatic rings. The minimum absolute atomic E-state index is 0.0235. The first-order valence-corrected chi connectivity index (χ1v) is 5.73. The van der Waals surface area contributed by atoms with Gasteiger partial charge in [-0.25, -0.2) is 0 Å². The van der Waals surface area contributed by atoms with Crippen molar-refractivity contribution in [1.82, 2.24) is 0 Å². The van der Waals surface area contributed by atoms with Gasteiger partial charge in [0.25, 0.3) is 6.47 Å². The third-order valence-electron chi connectivity index (χ3n) is 2.35. The molecule has 0 bridgehead atoms. The fourth-order valence-electron chi connectivity index (χ4n) is 1.40. The van der Waals surface area contributed by atoms with Crippen LogP contribution in [0.5, 0.6) is 0 Å². The highest BCUT2D eigenvalue weighted by molar-refractivity contribution is 5.84. The van der Waals surface area contributed by atoms with Crippen LogP contribution in [0.25, 0.3) is 0 Å². The Morgan fingerprint density at radius 1 is 1.44 bits per heavy atom. The van der Waals surface area contributed by atoms with Gasteiger partial charge < -0.3 is 21.9 Å². The molecular formula is C11H22N4O3. The molecule has 0 aliphatic carbocycles. The smallest absolute Gasteiger partial charge is 0.293 e. The summed E-state index contributed by atoms with van der Waals surface area (Å²) in [4.78, 5) is 25.8. The fourth-order valence-corrected chi connectivity index (χ4v) is 1.40. The number of guanidine groups is 1. The number of nitrogens with zero attached hydrogens (tertiary/aromatic N) is 1. The van der Waals surface area contributed by atoms with Gasteiger partial charge in [0.1, 0.15) is 5.60 Å². The quantitative estimate of drug-likeness (QED) is 0.216. The normalized spacial score (nSPS) is 12.6. The van der Waals surface area contributed by atoms with Crippen molar-refractivity contribution in [2.45, 2.75) is 44.8 Å². The second-order valence-electron chi connectivity index (χ2n) is 4.67. The lowest BCUT2D eigenvalue weighted by atomic mass is 9.96. The van der Waals surface area contributed by atoms with Crippen LogP contribution >= 0.6 is 0 Å². The van der Waals surface area contributed by atoms with E-state index in [4.69, 9.17) is 21.9 Å². The molecule has 6 N–H and O–H groups in total. The Labute approximate surface area is 107 Å². The molecule has 0 aliphatic heterocycles. The van der Waals surface area contributed by atoms with E-state index in [0.717, 1.165) is 0 Å². The van der Waals surface area contributed by atoms with Gasteiger partial charge in [-0.05, 0) is 26.7 Å². The number of hydrogen-bond acceptors (Lipinski definition) is 5. The Morgan fingerprint density at radius 2 is 2.06 bits per heavy atom. The van der Waals surface area contributed by atoms with Crippen LogP contribution in [-0.4, -0.2) is 36.4 Å². The van der Waals surface area contributed by atoms with Crippen molar-refractivity contribution in [3.63, 3.8) is 0 Å². The average Bonchev–Trinajstić information content (AvgIpc) is 2.22. The molecule has 0 radical (unpaired) electrons. The monoisotopic (exact) mass is 258 g/mol. The van der Waals surface area contributed by atoms with E-state index in [0.29, 0.717) is 25.9 Å². The van der Waals surface area contributed by atoms with E-state index >= 15 is 0 Å². The van der Waals surface area contributed by atoms with Crippen LogP contribution in [0.1, 0.15) is 33.1 Å². The molecule has 0 aromatic heterocycles. The summed E-state index contributed by atoms with van der Waals surface area (Å²) in [6.45, 7) is 4.09. The SMILES string of the molecule is CC(C)(CC(=O)[C@@H](N)CCCN=C(N)N)OC=O. The summed E-state index contributed by atoms with van der Waals surface area (Å²) in [5.41, 5.74) is 15.2. The van der Waals surface area contributed by atoms with E-state index in [2.05, 4.69) is 4.99 Å². The lowest BCUT2D eigenvalue weighted by molar-refractivity contribution is -0.143. The Bertz CT molecular complexity index is 311. The molecule has 0 unspecified atom stereocenters. The topological polar surface area (TPSA) is 134 Å². The van der Waals surface area contributed by atoms with Crippen molar-refractivity contribution >= 4 is 18.2 Å². The Morgan fingerprint density at radius 3 is 2.56 bits per heavy atom. The largest absolute Gasteiger partial charge is 0.461 e. The third-order valence-corrected chi connectivity index (χ3v) is 2.35. The lowest BCUT2D eigenvalue weighted by Crippen LogP contribution is -2.37. The molecule has 1 atom stereocenters. The predicted molar refractivity (Wildman–Crippen MR) is 68.7 cm³/mol. The minimum Gasteiger partial charge on any atom is -0.461 e. The number of carbonyl (C=O) groups is 2. The van der Waals surface area contributed by atoms with Crippen molar-refractivity contribution < 1.29 is 14.3 Å². The third kappa shape index (κ3) is 7.61. The molecule has 7 nitrogen and oxygen atoms in total. The molecule has 104 valence electrons. The predicted octanol–water partition coefficient (Wildman–Crippen LogP) is -0.722. The van der Waals surface area contributed by atoms with Crippen LogP contribution in [-0.2, 0) is 14.3 Å². The van der Waals surface area contributed by atoms with Gasteiger partial charge in [-0.3, -0.25) is 14.6 Å². The summed E-state index contributed by atoms with van der Waals surface area (Å²) < 4.78 is 4.80. The van der Waals surface area contributed by atoms with Gasteiger partial charge in [0.05, 0.1) is 6.04 Å². The van der Waals surface area contributed by atoms with Crippen LogP contribution in [0, 0.1) is 0 Å². The van der Waals surface area contributed by atoms with Gasteiger partial charge >= 0.3 is 0 Å². The van der Waals surface area contributed by atoms with Gasteiger partial charge in [0.15, 0.2) is 11.7 Å². The highest BCUT2D eigenvalue weighted by atomic mass is 16.5. The molecule has 0 heterocycles. The van der Waals surface area contributed by atoms with Gasteiger partial charge in [0, 0.05) is 13.0 Å². The average molecular weight is 258 g/mol. The lowest BCUT2D eigenvalue weighted by Gasteiger charge is -2.23. The van der Waals surface area contributed by atoms with Gasteiger partial charge in [-0.2, -0.15) is 0 Å². The molecule has 0 saturated heterocycles. The standard InChI is InChI=1S/C11H22N4O3/c1-11(2,18-7-16)6-9(17)8(12)4-3-5-15-10(13)14/h7-8H,3-6,12H2,1-2H3,(H4,13,14,15)/t8-/m0/s1. The van der Waals surface area contributed by atoms with E-state index in [1.807, 2.05) is 0 Å². The van der Waals surface area contributed by atoms with Crippen LogP contribution in [0.15, 0.2) is 4.99 Å². The van der Waals surface area contributed by atoms with Crippen LogP contribution in [0.3, 0.4) is 0 Å². The second-order valence-corrected chi connectivity index (χ2v) is 4.67. The Kier molecular flexibility index (Phi) is 6.96. The second kappa shape index (κ2) is 7.65. The number of aliphatic imine (C=N–C) groups is 1. The number of hydrogen-bond donors (Lipinski definition) is 3. The Balaban J connectivity index is 4.03. The zero-order valence-electron chi connectivity index (χ0n) is 10.9. The molecule has 0 fully saturated rings. The van der Waals surface area contributed by atoms with E-state index in [1.165, 1.54) is 0 Å². The number of Topliss-reactive ketones (excluding diaryl/α,β-unsaturated/α-hetero) is 1. The zero-order chi connectivity index (χ0) is 14.2. The minimum atomic E-state index is -0.823. The summed E-state index contributed by atoms with van der Waals surface area (Å²) in [6, 6.07) is -0.589. The van der Waals surface area contributed by atoms with Crippen molar-refractivity contribution in [1.29, 1.82) is 0 Å². The fraction of sp³-hybridized carbons (Fsp3) is 0.727. The van der Waals surface area contributed by atoms with Crippen LogP contribution in [0.4, 0.5) is 0 Å². The maximum absolute atomic E-state index is 11.8. The molecule has 0 amide bonds. The van der Waals surface area contributed by atoms with Crippen LogP contribution in [0.2, 0.25) is 0 Å². The van der Waals surface area contributed by atoms with Crippen molar-refractivity contribution in [2.24, 2.45) is 22.2 Å². The summed E-state index contributed by atoms with van der Waals surface area (Å²) in [5.74, 6) is -0.123. The van der Waals surface area contributed by atoms with E-state index in [9.17, 15) is 9.59 Å². The first-order chi connectivity index (χ1) is 8.28. The molecule has 0 spiro atoms. The molecule has 0 aromatic carbocycles. The first-order valence-electron chi connectivity index (χ1n) is 5.73.